The Morgan fingerprint density at radius 1 is 1.06 bits per heavy atom. The first kappa shape index (κ1) is 13.7. The summed E-state index contributed by atoms with van der Waals surface area (Å²) in [6.45, 7) is 6.50. The summed E-state index contributed by atoms with van der Waals surface area (Å²) in [5, 5.41) is 17.8. The smallest absolute Gasteiger partial charge is 0.343 e. The predicted octanol–water partition coefficient (Wildman–Crippen LogP) is 2.69. The predicted molar refractivity (Wildman–Crippen MR) is 63.7 cm³/mol. The van der Waals surface area contributed by atoms with E-state index in [9.17, 15) is 9.59 Å². The maximum absolute atomic E-state index is 10.9. The van der Waals surface area contributed by atoms with Crippen LogP contribution in [0, 0.1) is 11.3 Å². The van der Waals surface area contributed by atoms with Gasteiger partial charge in [0.05, 0.1) is 0 Å². The molecule has 0 atom stereocenters. The van der Waals surface area contributed by atoms with Crippen LogP contribution in [0.5, 0.6) is 0 Å². The minimum atomic E-state index is -1.32. The fraction of sp³-hybridized carbons (Fsp3) is 0.692. The lowest BCUT2D eigenvalue weighted by molar-refractivity contribution is -0.140. The first-order valence-corrected chi connectivity index (χ1v) is 5.92. The largest absolute Gasteiger partial charge is 0.477 e. The quantitative estimate of drug-likeness (QED) is 0.442. The van der Waals surface area contributed by atoms with E-state index in [2.05, 4.69) is 20.8 Å². The topological polar surface area (TPSA) is 74.6 Å². The zero-order valence-electron chi connectivity index (χ0n) is 10.6. The van der Waals surface area contributed by atoms with Crippen LogP contribution < -0.4 is 0 Å². The normalized spacial score (nSPS) is 21.1. The van der Waals surface area contributed by atoms with Crippen molar-refractivity contribution < 1.29 is 19.8 Å². The molecule has 0 amide bonds. The monoisotopic (exact) mass is 240 g/mol. The molecule has 1 aliphatic rings. The van der Waals surface area contributed by atoms with Crippen molar-refractivity contribution in [3.63, 3.8) is 0 Å². The Bertz CT molecular complexity index is 334. The third-order valence-electron chi connectivity index (χ3n) is 3.60. The number of carboxylic acid groups (broad SMARTS) is 2. The highest BCUT2D eigenvalue weighted by Crippen LogP contribution is 2.40. The van der Waals surface area contributed by atoms with Crippen LogP contribution in [-0.2, 0) is 9.59 Å². The van der Waals surface area contributed by atoms with Gasteiger partial charge in [-0.2, -0.15) is 0 Å². The lowest BCUT2D eigenvalue weighted by atomic mass is 9.71. The molecule has 0 spiro atoms. The van der Waals surface area contributed by atoms with Crippen molar-refractivity contribution in [1.29, 1.82) is 0 Å². The van der Waals surface area contributed by atoms with Crippen molar-refractivity contribution in [2.75, 3.05) is 0 Å². The van der Waals surface area contributed by atoms with E-state index in [1.807, 2.05) is 0 Å². The standard InChI is InChI=1S/C13H20O4/c1-13(2,3)9-6-4-8(5-7-9)10(11(14)15)12(16)17/h9H,4-7H2,1-3H3,(H,14,15)(H,16,17). The second kappa shape index (κ2) is 4.90. The molecule has 1 rings (SSSR count). The van der Waals surface area contributed by atoms with Crippen molar-refractivity contribution in [3.05, 3.63) is 11.1 Å². The van der Waals surface area contributed by atoms with E-state index in [0.717, 1.165) is 12.8 Å². The summed E-state index contributed by atoms with van der Waals surface area (Å²) in [7, 11) is 0. The molecule has 17 heavy (non-hydrogen) atoms. The summed E-state index contributed by atoms with van der Waals surface area (Å²) in [5.74, 6) is -2.10. The minimum absolute atomic E-state index is 0.206. The molecule has 4 heteroatoms. The summed E-state index contributed by atoms with van der Waals surface area (Å²) in [5.41, 5.74) is 0.376. The Morgan fingerprint density at radius 3 is 1.76 bits per heavy atom. The Kier molecular flexibility index (Phi) is 3.96. The van der Waals surface area contributed by atoms with Gasteiger partial charge >= 0.3 is 11.9 Å². The van der Waals surface area contributed by atoms with Gasteiger partial charge in [-0.3, -0.25) is 0 Å². The molecule has 0 radical (unpaired) electrons. The molecule has 0 bridgehead atoms. The Labute approximate surface area is 101 Å². The molecule has 1 fully saturated rings. The first-order valence-electron chi connectivity index (χ1n) is 5.92. The van der Waals surface area contributed by atoms with Gasteiger partial charge in [0.2, 0.25) is 0 Å². The molecule has 2 N–H and O–H groups in total. The molecule has 1 saturated carbocycles. The maximum atomic E-state index is 10.9. The van der Waals surface area contributed by atoms with Gasteiger partial charge in [0, 0.05) is 0 Å². The van der Waals surface area contributed by atoms with Crippen LogP contribution in [0.3, 0.4) is 0 Å². The Morgan fingerprint density at radius 2 is 1.47 bits per heavy atom. The number of allylic oxidation sites excluding steroid dienone is 1. The number of carbonyl (C=O) groups is 2. The van der Waals surface area contributed by atoms with Gasteiger partial charge in [-0.1, -0.05) is 20.8 Å². The Hall–Kier alpha value is -1.32. The van der Waals surface area contributed by atoms with E-state index in [4.69, 9.17) is 10.2 Å². The SMILES string of the molecule is CC(C)(C)C1CCC(=C(C(=O)O)C(=O)O)CC1. The molecule has 4 nitrogen and oxygen atoms in total. The summed E-state index contributed by atoms with van der Waals surface area (Å²) in [4.78, 5) is 21.8. The van der Waals surface area contributed by atoms with Crippen molar-refractivity contribution in [1.82, 2.24) is 0 Å². The highest BCUT2D eigenvalue weighted by Gasteiger charge is 2.31. The molecule has 0 unspecified atom stereocenters. The molecular formula is C13H20O4. The molecular weight excluding hydrogens is 220 g/mol. The minimum Gasteiger partial charge on any atom is -0.477 e. The number of carboxylic acids is 2. The zero-order valence-corrected chi connectivity index (χ0v) is 10.6. The van der Waals surface area contributed by atoms with Crippen molar-refractivity contribution >= 4 is 11.9 Å². The lowest BCUT2D eigenvalue weighted by Crippen LogP contribution is -2.25. The highest BCUT2D eigenvalue weighted by molar-refractivity contribution is 6.13. The molecule has 0 aromatic heterocycles. The average Bonchev–Trinajstić information content (AvgIpc) is 2.15. The molecule has 0 aliphatic heterocycles. The van der Waals surface area contributed by atoms with E-state index >= 15 is 0 Å². The molecule has 0 saturated heterocycles. The van der Waals surface area contributed by atoms with E-state index in [-0.39, 0.29) is 5.41 Å². The van der Waals surface area contributed by atoms with E-state index < -0.39 is 17.5 Å². The van der Waals surface area contributed by atoms with Crippen molar-refractivity contribution in [2.24, 2.45) is 11.3 Å². The number of aliphatic carboxylic acids is 2. The van der Waals surface area contributed by atoms with Crippen LogP contribution in [0.15, 0.2) is 11.1 Å². The van der Waals surface area contributed by atoms with E-state index in [1.54, 1.807) is 0 Å². The summed E-state index contributed by atoms with van der Waals surface area (Å²) in [6.07, 6.45) is 2.94. The molecule has 0 aromatic rings. The fourth-order valence-electron chi connectivity index (χ4n) is 2.48. The van der Waals surface area contributed by atoms with Gasteiger partial charge < -0.3 is 10.2 Å². The fourth-order valence-corrected chi connectivity index (χ4v) is 2.48. The number of hydrogen-bond acceptors (Lipinski definition) is 2. The summed E-state index contributed by atoms with van der Waals surface area (Å²) in [6, 6.07) is 0. The number of hydrogen-bond donors (Lipinski definition) is 2. The summed E-state index contributed by atoms with van der Waals surface area (Å²) < 4.78 is 0. The van der Waals surface area contributed by atoms with Crippen molar-refractivity contribution in [2.45, 2.75) is 46.5 Å². The average molecular weight is 240 g/mol. The second-order valence-corrected chi connectivity index (χ2v) is 5.73. The van der Waals surface area contributed by atoms with Crippen molar-refractivity contribution in [3.8, 4) is 0 Å². The van der Waals surface area contributed by atoms with Crippen LogP contribution >= 0.6 is 0 Å². The van der Waals surface area contributed by atoms with Gasteiger partial charge in [0.1, 0.15) is 5.57 Å². The third-order valence-corrected chi connectivity index (χ3v) is 3.60. The van der Waals surface area contributed by atoms with Gasteiger partial charge in [-0.15, -0.1) is 0 Å². The van der Waals surface area contributed by atoms with E-state index in [0.29, 0.717) is 24.3 Å². The zero-order chi connectivity index (χ0) is 13.2. The van der Waals surface area contributed by atoms with Crippen LogP contribution in [0.1, 0.15) is 46.5 Å². The lowest BCUT2D eigenvalue weighted by Gasteiger charge is -2.35. The molecule has 96 valence electrons. The molecule has 1 aliphatic carbocycles. The molecule has 0 heterocycles. The van der Waals surface area contributed by atoms with Gasteiger partial charge in [-0.25, -0.2) is 9.59 Å². The summed E-state index contributed by atoms with van der Waals surface area (Å²) >= 11 is 0. The molecule has 0 aromatic carbocycles. The number of rotatable bonds is 2. The Balaban J connectivity index is 2.83. The van der Waals surface area contributed by atoms with Gasteiger partial charge in [0.25, 0.3) is 0 Å². The van der Waals surface area contributed by atoms with Crippen LogP contribution in [0.2, 0.25) is 0 Å². The van der Waals surface area contributed by atoms with Crippen LogP contribution in [0.4, 0.5) is 0 Å². The van der Waals surface area contributed by atoms with Crippen LogP contribution in [0.25, 0.3) is 0 Å². The van der Waals surface area contributed by atoms with Gasteiger partial charge in [0.15, 0.2) is 0 Å². The first-order chi connectivity index (χ1) is 7.73. The maximum Gasteiger partial charge on any atom is 0.343 e. The van der Waals surface area contributed by atoms with Crippen LogP contribution in [-0.4, -0.2) is 22.2 Å². The highest BCUT2D eigenvalue weighted by atomic mass is 16.4. The van der Waals surface area contributed by atoms with E-state index in [1.165, 1.54) is 0 Å². The third kappa shape index (κ3) is 3.32. The van der Waals surface area contributed by atoms with Gasteiger partial charge in [-0.05, 0) is 42.6 Å². The second-order valence-electron chi connectivity index (χ2n) is 5.73.